The van der Waals surface area contributed by atoms with Crippen LogP contribution in [0.1, 0.15) is 0 Å². The van der Waals surface area contributed by atoms with Gasteiger partial charge in [0.25, 0.3) is 5.56 Å². The lowest BCUT2D eigenvalue weighted by Crippen LogP contribution is -2.20. The zero-order valence-electron chi connectivity index (χ0n) is 19.6. The lowest BCUT2D eigenvalue weighted by Gasteiger charge is -2.12. The van der Waals surface area contributed by atoms with E-state index < -0.39 is 0 Å². The fraction of sp³-hybridized carbons (Fsp3) is 0.160. The van der Waals surface area contributed by atoms with Gasteiger partial charge in [-0.05, 0) is 56.6 Å². The van der Waals surface area contributed by atoms with Crippen LogP contribution in [0.25, 0.3) is 16.9 Å². The topological polar surface area (TPSA) is 114 Å². The smallest absolute Gasteiger partial charge is 0.275 e. The molecule has 2 aromatic carbocycles. The molecule has 10 heteroatoms. The van der Waals surface area contributed by atoms with E-state index in [9.17, 15) is 9.59 Å². The van der Waals surface area contributed by atoms with Crippen molar-refractivity contribution in [2.24, 2.45) is 0 Å². The largest absolute Gasteiger partial charge is 0.497 e. The van der Waals surface area contributed by atoms with Gasteiger partial charge in [-0.3, -0.25) is 14.2 Å². The number of carbonyl (C=O) groups is 1. The number of methoxy groups -OCH3 is 1. The van der Waals surface area contributed by atoms with Gasteiger partial charge in [-0.2, -0.15) is 4.98 Å². The summed E-state index contributed by atoms with van der Waals surface area (Å²) in [6.07, 6.45) is 6.02. The van der Waals surface area contributed by atoms with E-state index in [-0.39, 0.29) is 11.5 Å². The summed E-state index contributed by atoms with van der Waals surface area (Å²) in [5.74, 6) is 0.775. The number of hydrogen-bond acceptors (Lipinski definition) is 8. The van der Waals surface area contributed by atoms with Gasteiger partial charge in [0, 0.05) is 24.0 Å². The Morgan fingerprint density at radius 3 is 2.63 bits per heavy atom. The van der Waals surface area contributed by atoms with E-state index >= 15 is 0 Å². The van der Waals surface area contributed by atoms with Crippen molar-refractivity contribution in [2.45, 2.75) is 0 Å². The van der Waals surface area contributed by atoms with Crippen molar-refractivity contribution in [3.63, 3.8) is 0 Å². The highest BCUT2D eigenvalue weighted by Crippen LogP contribution is 2.20. The van der Waals surface area contributed by atoms with Crippen molar-refractivity contribution < 1.29 is 9.53 Å². The molecule has 178 valence electrons. The average Bonchev–Trinajstić information content (AvgIpc) is 2.84. The first-order valence-electron chi connectivity index (χ1n) is 10.8. The molecule has 0 aliphatic heterocycles. The second-order valence-corrected chi connectivity index (χ2v) is 7.89. The summed E-state index contributed by atoms with van der Waals surface area (Å²) >= 11 is 0. The van der Waals surface area contributed by atoms with Gasteiger partial charge in [-0.15, -0.1) is 0 Å². The Morgan fingerprint density at radius 2 is 1.89 bits per heavy atom. The Morgan fingerprint density at radius 1 is 1.09 bits per heavy atom. The molecule has 0 spiro atoms. The van der Waals surface area contributed by atoms with E-state index in [2.05, 4.69) is 25.6 Å². The maximum atomic E-state index is 12.8. The predicted octanol–water partition coefficient (Wildman–Crippen LogP) is 2.98. The van der Waals surface area contributed by atoms with Gasteiger partial charge in [-0.25, -0.2) is 9.97 Å². The minimum atomic E-state index is -0.360. The summed E-state index contributed by atoms with van der Waals surface area (Å²) < 4.78 is 6.61. The first kappa shape index (κ1) is 23.6. The third-order valence-electron chi connectivity index (χ3n) is 4.95. The molecule has 10 nitrogen and oxygen atoms in total. The van der Waals surface area contributed by atoms with Crippen molar-refractivity contribution in [3.05, 3.63) is 83.4 Å². The van der Waals surface area contributed by atoms with Crippen LogP contribution in [0.4, 0.5) is 17.3 Å². The molecule has 0 atom stereocenters. The first-order chi connectivity index (χ1) is 16.9. The quantitative estimate of drug-likeness (QED) is 0.377. The minimum absolute atomic E-state index is 0.260. The van der Waals surface area contributed by atoms with Crippen molar-refractivity contribution in [1.29, 1.82) is 0 Å². The SMILES string of the molecule is COc1ccc(Nc2ncc3ncc(=O)n(-c4cccc(NC(=O)C=CCN(C)C)c4)c3n2)cc1. The molecule has 0 fully saturated rings. The van der Waals surface area contributed by atoms with Gasteiger partial charge in [0.05, 0.1) is 25.2 Å². The van der Waals surface area contributed by atoms with E-state index in [4.69, 9.17) is 4.74 Å². The van der Waals surface area contributed by atoms with Gasteiger partial charge in [-0.1, -0.05) is 12.1 Å². The van der Waals surface area contributed by atoms with Crippen molar-refractivity contribution in [3.8, 4) is 11.4 Å². The first-order valence-corrected chi connectivity index (χ1v) is 10.8. The Bertz CT molecular complexity index is 1430. The molecule has 2 aromatic heterocycles. The molecule has 0 aliphatic carbocycles. The number of amides is 1. The third kappa shape index (κ3) is 5.87. The summed E-state index contributed by atoms with van der Waals surface area (Å²) in [5.41, 5.74) is 2.26. The van der Waals surface area contributed by atoms with Crippen molar-refractivity contribution in [1.82, 2.24) is 24.4 Å². The number of hydrogen-bond donors (Lipinski definition) is 2. The number of likely N-dealkylation sites (N-methyl/N-ethyl adjacent to an activating group) is 1. The lowest BCUT2D eigenvalue weighted by atomic mass is 10.2. The van der Waals surface area contributed by atoms with Crippen LogP contribution in [0.2, 0.25) is 0 Å². The number of aromatic nitrogens is 4. The van der Waals surface area contributed by atoms with E-state index in [1.54, 1.807) is 43.6 Å². The third-order valence-corrected chi connectivity index (χ3v) is 4.95. The predicted molar refractivity (Wildman–Crippen MR) is 136 cm³/mol. The number of ether oxygens (including phenoxy) is 1. The minimum Gasteiger partial charge on any atom is -0.497 e. The number of nitrogens with one attached hydrogen (secondary N) is 2. The molecule has 2 heterocycles. The molecular formula is C25H25N7O3. The highest BCUT2D eigenvalue weighted by atomic mass is 16.5. The van der Waals surface area contributed by atoms with Crippen molar-refractivity contribution >= 4 is 34.4 Å². The van der Waals surface area contributed by atoms with Crippen molar-refractivity contribution in [2.75, 3.05) is 38.4 Å². The number of carbonyl (C=O) groups excluding carboxylic acids is 1. The molecule has 4 aromatic rings. The molecule has 1 amide bonds. The fourth-order valence-corrected chi connectivity index (χ4v) is 3.30. The van der Waals surface area contributed by atoms with Gasteiger partial charge in [0.15, 0.2) is 5.65 Å². The maximum absolute atomic E-state index is 12.8. The van der Waals surface area contributed by atoms with Gasteiger partial charge < -0.3 is 20.3 Å². The average molecular weight is 472 g/mol. The highest BCUT2D eigenvalue weighted by Gasteiger charge is 2.11. The summed E-state index contributed by atoms with van der Waals surface area (Å²) in [7, 11) is 5.44. The van der Waals surface area contributed by atoms with Gasteiger partial charge in [0.1, 0.15) is 11.3 Å². The molecule has 0 saturated heterocycles. The molecule has 2 N–H and O–H groups in total. The molecule has 4 rings (SSSR count). The fourth-order valence-electron chi connectivity index (χ4n) is 3.30. The molecule has 0 saturated carbocycles. The van der Waals surface area contributed by atoms with Gasteiger partial charge >= 0.3 is 0 Å². The molecule has 0 unspecified atom stereocenters. The normalized spacial score (nSPS) is 11.2. The number of fused-ring (bicyclic) bond motifs is 1. The second kappa shape index (κ2) is 10.6. The Hall–Kier alpha value is -4.57. The maximum Gasteiger partial charge on any atom is 0.275 e. The van der Waals surface area contributed by atoms with E-state index in [1.807, 2.05) is 43.3 Å². The summed E-state index contributed by atoms with van der Waals surface area (Å²) in [6.45, 7) is 0.651. The van der Waals surface area contributed by atoms with Crippen LogP contribution in [0.5, 0.6) is 5.75 Å². The Balaban J connectivity index is 1.65. The number of nitrogens with zero attached hydrogens (tertiary/aromatic N) is 5. The van der Waals surface area contributed by atoms with Crippen LogP contribution in [0.15, 0.2) is 77.9 Å². The zero-order valence-corrected chi connectivity index (χ0v) is 19.6. The van der Waals surface area contributed by atoms with Gasteiger partial charge in [0.2, 0.25) is 11.9 Å². The zero-order chi connectivity index (χ0) is 24.8. The second-order valence-electron chi connectivity index (χ2n) is 7.89. The van der Waals surface area contributed by atoms with Crippen LogP contribution < -0.4 is 20.9 Å². The van der Waals surface area contributed by atoms with E-state index in [1.165, 1.54) is 16.8 Å². The molecule has 0 bridgehead atoms. The Labute approximate surface area is 201 Å². The monoisotopic (exact) mass is 471 g/mol. The summed E-state index contributed by atoms with van der Waals surface area (Å²) in [4.78, 5) is 40.0. The van der Waals surface area contributed by atoms with Crippen LogP contribution in [0, 0.1) is 0 Å². The Kier molecular flexibility index (Phi) is 7.12. The number of anilines is 3. The molecule has 0 radical (unpaired) electrons. The van der Waals surface area contributed by atoms with Crippen LogP contribution in [-0.2, 0) is 4.79 Å². The van der Waals surface area contributed by atoms with Crippen LogP contribution in [0.3, 0.4) is 0 Å². The number of rotatable bonds is 8. The summed E-state index contributed by atoms with van der Waals surface area (Å²) in [5, 5.41) is 5.94. The van der Waals surface area contributed by atoms with E-state index in [0.717, 1.165) is 11.4 Å². The lowest BCUT2D eigenvalue weighted by molar-refractivity contribution is -0.111. The van der Waals surface area contributed by atoms with Crippen LogP contribution >= 0.6 is 0 Å². The molecule has 35 heavy (non-hydrogen) atoms. The van der Waals surface area contributed by atoms with E-state index in [0.29, 0.717) is 35.0 Å². The highest BCUT2D eigenvalue weighted by molar-refractivity contribution is 5.99. The van der Waals surface area contributed by atoms with Crippen LogP contribution in [-0.4, -0.2) is 58.1 Å². The molecule has 0 aliphatic rings. The summed E-state index contributed by atoms with van der Waals surface area (Å²) in [6, 6.07) is 14.3. The molecular weight excluding hydrogens is 446 g/mol. The number of benzene rings is 2. The standard InChI is InChI=1S/C25H25N7O3/c1-31(2)13-5-8-22(33)28-18-6-4-7-19(14-18)32-23(34)16-26-21-15-27-25(30-24(21)32)29-17-9-11-20(35-3)12-10-17/h4-12,14-16H,13H2,1-3H3,(H,28,33)(H,27,29,30).